The number of aryl methyl sites for hydroxylation is 1. The zero-order valence-corrected chi connectivity index (χ0v) is 13.0. The van der Waals surface area contributed by atoms with Crippen LogP contribution in [0.2, 0.25) is 0 Å². The lowest BCUT2D eigenvalue weighted by atomic mass is 10.1. The van der Waals surface area contributed by atoms with Crippen molar-refractivity contribution in [3.05, 3.63) is 71.3 Å². The van der Waals surface area contributed by atoms with Gasteiger partial charge in [-0.3, -0.25) is 0 Å². The van der Waals surface area contributed by atoms with E-state index in [4.69, 9.17) is 11.5 Å². The third-order valence-corrected chi connectivity index (χ3v) is 3.28. The smallest absolute Gasteiger partial charge is 0.330 e. The second kappa shape index (κ2) is 10.0. The molecule has 0 spiro atoms. The molecule has 0 aromatic heterocycles. The normalized spacial score (nSPS) is 10.8. The summed E-state index contributed by atoms with van der Waals surface area (Å²) < 4.78 is 36.0. The number of benzene rings is 2. The van der Waals surface area contributed by atoms with E-state index >= 15 is 0 Å². The van der Waals surface area contributed by atoms with Crippen molar-refractivity contribution in [1.29, 1.82) is 0 Å². The minimum absolute atomic E-state index is 0.262. The van der Waals surface area contributed by atoms with E-state index in [2.05, 4.69) is 24.3 Å². The lowest BCUT2D eigenvalue weighted by Crippen LogP contribution is -2.05. The summed E-state index contributed by atoms with van der Waals surface area (Å²) in [4.78, 5) is 0. The highest BCUT2D eigenvalue weighted by Gasteiger charge is 2.29. The summed E-state index contributed by atoms with van der Waals surface area (Å²) in [5.41, 5.74) is 12.1. The summed E-state index contributed by atoms with van der Waals surface area (Å²) in [7, 11) is 0. The van der Waals surface area contributed by atoms with Crippen molar-refractivity contribution in [2.45, 2.75) is 32.0 Å². The fourth-order valence-corrected chi connectivity index (χ4v) is 1.95. The van der Waals surface area contributed by atoms with Gasteiger partial charge >= 0.3 is 6.18 Å². The minimum Gasteiger partial charge on any atom is -0.330 e. The average Bonchev–Trinajstić information content (AvgIpc) is 2.56. The Morgan fingerprint density at radius 2 is 1.35 bits per heavy atom. The van der Waals surface area contributed by atoms with E-state index in [0.29, 0.717) is 5.56 Å². The number of rotatable bonds is 5. The maximum Gasteiger partial charge on any atom is 0.416 e. The lowest BCUT2D eigenvalue weighted by Gasteiger charge is -2.06. The summed E-state index contributed by atoms with van der Waals surface area (Å²) in [5, 5.41) is 0. The van der Waals surface area contributed by atoms with Crippen LogP contribution in [0.4, 0.5) is 13.2 Å². The quantitative estimate of drug-likeness (QED) is 0.813. The summed E-state index contributed by atoms with van der Waals surface area (Å²) in [6, 6.07) is 15.4. The van der Waals surface area contributed by atoms with Gasteiger partial charge in [0.05, 0.1) is 5.56 Å². The van der Waals surface area contributed by atoms with E-state index in [-0.39, 0.29) is 6.54 Å². The summed E-state index contributed by atoms with van der Waals surface area (Å²) in [6.45, 7) is 1.07. The predicted octanol–water partition coefficient (Wildman–Crippen LogP) is 4.13. The van der Waals surface area contributed by atoms with Gasteiger partial charge in [0.2, 0.25) is 0 Å². The van der Waals surface area contributed by atoms with Crippen molar-refractivity contribution >= 4 is 0 Å². The Bertz CT molecular complexity index is 536. The topological polar surface area (TPSA) is 52.0 Å². The highest BCUT2D eigenvalue weighted by Crippen LogP contribution is 2.28. The number of alkyl halides is 3. The molecule has 2 rings (SSSR count). The lowest BCUT2D eigenvalue weighted by molar-refractivity contribution is -0.137. The number of unbranched alkanes of at least 4 members (excludes halogenated alkanes) is 1. The Morgan fingerprint density at radius 1 is 0.739 bits per heavy atom. The molecule has 0 saturated heterocycles. The van der Waals surface area contributed by atoms with Crippen molar-refractivity contribution in [2.75, 3.05) is 6.54 Å². The third-order valence-electron chi connectivity index (χ3n) is 3.28. The fourth-order valence-electron chi connectivity index (χ4n) is 1.95. The van der Waals surface area contributed by atoms with Gasteiger partial charge in [0.25, 0.3) is 0 Å². The third kappa shape index (κ3) is 7.81. The molecule has 0 radical (unpaired) electrons. The Labute approximate surface area is 135 Å². The van der Waals surface area contributed by atoms with Crippen LogP contribution in [0.1, 0.15) is 29.5 Å². The van der Waals surface area contributed by atoms with Crippen molar-refractivity contribution in [1.82, 2.24) is 0 Å². The molecule has 0 heterocycles. The van der Waals surface area contributed by atoms with Crippen LogP contribution in [0.25, 0.3) is 0 Å². The van der Waals surface area contributed by atoms with E-state index in [0.717, 1.165) is 31.5 Å². The van der Waals surface area contributed by atoms with Crippen molar-refractivity contribution in [3.8, 4) is 0 Å². The molecule has 0 fully saturated rings. The van der Waals surface area contributed by atoms with Gasteiger partial charge in [-0.15, -0.1) is 0 Å². The molecule has 0 atom stereocenters. The number of hydrogen-bond donors (Lipinski definition) is 2. The maximum absolute atomic E-state index is 12.0. The van der Waals surface area contributed by atoms with Gasteiger partial charge in [-0.05, 0) is 49.1 Å². The molecule has 2 nitrogen and oxygen atoms in total. The first-order valence-electron chi connectivity index (χ1n) is 7.57. The first-order chi connectivity index (χ1) is 11.0. The molecule has 2 aromatic rings. The van der Waals surface area contributed by atoms with Gasteiger partial charge in [0.1, 0.15) is 0 Å². The van der Waals surface area contributed by atoms with Crippen LogP contribution in [0.5, 0.6) is 0 Å². The molecule has 4 N–H and O–H groups in total. The van der Waals surface area contributed by atoms with Gasteiger partial charge in [-0.2, -0.15) is 13.2 Å². The molecule has 0 aliphatic rings. The molecule has 0 aliphatic carbocycles. The van der Waals surface area contributed by atoms with Crippen molar-refractivity contribution in [3.63, 3.8) is 0 Å². The van der Waals surface area contributed by atoms with E-state index in [9.17, 15) is 13.2 Å². The summed E-state index contributed by atoms with van der Waals surface area (Å²) >= 11 is 0. The van der Waals surface area contributed by atoms with Crippen molar-refractivity contribution in [2.24, 2.45) is 11.5 Å². The molecule has 0 unspecified atom stereocenters. The molecule has 2 aromatic carbocycles. The Hall–Kier alpha value is -1.85. The highest BCUT2D eigenvalue weighted by molar-refractivity contribution is 5.24. The summed E-state index contributed by atoms with van der Waals surface area (Å²) in [5.74, 6) is 0. The van der Waals surface area contributed by atoms with Gasteiger partial charge in [0.15, 0.2) is 0 Å². The largest absolute Gasteiger partial charge is 0.416 e. The van der Waals surface area contributed by atoms with Crippen LogP contribution in [-0.2, 0) is 19.1 Å². The zero-order chi connectivity index (χ0) is 17.1. The Balaban J connectivity index is 0.000000231. The van der Waals surface area contributed by atoms with Crippen LogP contribution < -0.4 is 11.5 Å². The van der Waals surface area contributed by atoms with E-state index in [1.807, 2.05) is 6.07 Å². The van der Waals surface area contributed by atoms with Crippen LogP contribution in [-0.4, -0.2) is 6.54 Å². The molecule has 0 amide bonds. The van der Waals surface area contributed by atoms with Gasteiger partial charge < -0.3 is 11.5 Å². The molecule has 5 heteroatoms. The summed E-state index contributed by atoms with van der Waals surface area (Å²) in [6.07, 6.45) is -0.749. The average molecular weight is 324 g/mol. The van der Waals surface area contributed by atoms with E-state index < -0.39 is 11.7 Å². The van der Waals surface area contributed by atoms with Crippen LogP contribution in [0, 0.1) is 0 Å². The predicted molar refractivity (Wildman–Crippen MR) is 87.8 cm³/mol. The number of hydrogen-bond acceptors (Lipinski definition) is 2. The maximum atomic E-state index is 12.0. The number of nitrogens with two attached hydrogens (primary N) is 2. The molecular formula is C18H23F3N2. The van der Waals surface area contributed by atoms with Crippen molar-refractivity contribution < 1.29 is 13.2 Å². The van der Waals surface area contributed by atoms with Gasteiger partial charge in [-0.1, -0.05) is 42.5 Å². The van der Waals surface area contributed by atoms with Gasteiger partial charge in [-0.25, -0.2) is 0 Å². The Kier molecular flexibility index (Phi) is 8.37. The first-order valence-corrected chi connectivity index (χ1v) is 7.57. The van der Waals surface area contributed by atoms with E-state index in [1.165, 1.54) is 24.1 Å². The fraction of sp³-hybridized carbons (Fsp3) is 0.333. The monoisotopic (exact) mass is 324 g/mol. The zero-order valence-electron chi connectivity index (χ0n) is 13.0. The minimum atomic E-state index is -4.26. The second-order valence-corrected chi connectivity index (χ2v) is 5.13. The van der Waals surface area contributed by atoms with Crippen LogP contribution in [0.15, 0.2) is 54.6 Å². The molecule has 23 heavy (non-hydrogen) atoms. The molecular weight excluding hydrogens is 301 g/mol. The molecule has 0 saturated carbocycles. The Morgan fingerprint density at radius 3 is 1.83 bits per heavy atom. The molecule has 126 valence electrons. The second-order valence-electron chi connectivity index (χ2n) is 5.13. The standard InChI is InChI=1S/C10H15N.C8H8F3N/c11-9-5-4-8-10-6-2-1-3-7-10;9-8(10,11)7-3-1-6(5-12)2-4-7/h1-3,6-7H,4-5,8-9,11H2;1-4H,5,12H2. The first kappa shape index (κ1) is 19.2. The molecule has 0 aliphatic heterocycles. The van der Waals surface area contributed by atoms with Gasteiger partial charge in [0, 0.05) is 6.54 Å². The number of halogens is 3. The van der Waals surface area contributed by atoms with Crippen LogP contribution >= 0.6 is 0 Å². The highest BCUT2D eigenvalue weighted by atomic mass is 19.4. The van der Waals surface area contributed by atoms with E-state index in [1.54, 1.807) is 0 Å². The van der Waals surface area contributed by atoms with Crippen LogP contribution in [0.3, 0.4) is 0 Å². The molecule has 0 bridgehead atoms. The SMILES string of the molecule is NCCCCc1ccccc1.NCc1ccc(C(F)(F)F)cc1.